The molecule has 0 spiro atoms. The van der Waals surface area contributed by atoms with Crippen LogP contribution >= 0.6 is 0 Å². The summed E-state index contributed by atoms with van der Waals surface area (Å²) in [6, 6.07) is 0.435. The summed E-state index contributed by atoms with van der Waals surface area (Å²) in [6.45, 7) is 1.60. The summed E-state index contributed by atoms with van der Waals surface area (Å²) in [5.41, 5.74) is -0.717. The summed E-state index contributed by atoms with van der Waals surface area (Å²) in [5, 5.41) is 8.32. The lowest BCUT2D eigenvalue weighted by molar-refractivity contribution is 0.0632. The lowest BCUT2D eigenvalue weighted by atomic mass is 9.90. The van der Waals surface area contributed by atoms with Crippen LogP contribution in [-0.4, -0.2) is 40.0 Å². The van der Waals surface area contributed by atoms with Crippen LogP contribution in [0.3, 0.4) is 0 Å². The minimum atomic E-state index is -1.26. The molecule has 2 heterocycles. The number of alkyl halides is 1. The maximum Gasteiger partial charge on any atom is 0.158 e. The molecule has 1 aliphatic carbocycles. The van der Waals surface area contributed by atoms with E-state index >= 15 is 0 Å². The number of aromatic nitrogens is 3. The SMILES string of the molecule is CN1CCC(F)(c2cn(C3CCCCC3)nn2)CC1. The Morgan fingerprint density at radius 3 is 2.58 bits per heavy atom. The number of rotatable bonds is 2. The molecule has 2 aliphatic rings. The van der Waals surface area contributed by atoms with Crippen molar-refractivity contribution >= 4 is 0 Å². The van der Waals surface area contributed by atoms with E-state index in [4.69, 9.17) is 0 Å². The molecule has 1 aromatic heterocycles. The molecule has 1 aromatic rings. The minimum absolute atomic E-state index is 0.435. The molecular formula is C14H23FN4. The third-order valence-corrected chi connectivity index (χ3v) is 4.70. The summed E-state index contributed by atoms with van der Waals surface area (Å²) in [7, 11) is 2.04. The average molecular weight is 266 g/mol. The topological polar surface area (TPSA) is 34.0 Å². The number of hydrogen-bond donors (Lipinski definition) is 0. The van der Waals surface area contributed by atoms with Crippen LogP contribution in [0.5, 0.6) is 0 Å². The number of hydrogen-bond acceptors (Lipinski definition) is 3. The van der Waals surface area contributed by atoms with Gasteiger partial charge in [-0.2, -0.15) is 0 Å². The highest BCUT2D eigenvalue weighted by Crippen LogP contribution is 2.36. The Balaban J connectivity index is 1.73. The number of halogens is 1. The molecule has 1 aliphatic heterocycles. The smallest absolute Gasteiger partial charge is 0.158 e. The molecule has 0 N–H and O–H groups in total. The van der Waals surface area contributed by atoms with E-state index in [0.29, 0.717) is 24.6 Å². The van der Waals surface area contributed by atoms with Crippen molar-refractivity contribution in [3.63, 3.8) is 0 Å². The summed E-state index contributed by atoms with van der Waals surface area (Å²) >= 11 is 0. The Bertz CT molecular complexity index is 417. The van der Waals surface area contributed by atoms with E-state index in [2.05, 4.69) is 15.2 Å². The van der Waals surface area contributed by atoms with Gasteiger partial charge in [-0.1, -0.05) is 24.5 Å². The summed E-state index contributed by atoms with van der Waals surface area (Å²) in [6.07, 6.45) is 9.07. The van der Waals surface area contributed by atoms with Crippen LogP contribution in [0.25, 0.3) is 0 Å². The zero-order chi connectivity index (χ0) is 13.3. The molecule has 1 saturated heterocycles. The molecule has 0 bridgehead atoms. The van der Waals surface area contributed by atoms with Crippen molar-refractivity contribution in [1.29, 1.82) is 0 Å². The predicted octanol–water partition coefficient (Wildman–Crippen LogP) is 2.67. The molecule has 0 aromatic carbocycles. The van der Waals surface area contributed by atoms with Gasteiger partial charge in [0, 0.05) is 25.9 Å². The molecule has 2 fully saturated rings. The highest BCUT2D eigenvalue weighted by atomic mass is 19.1. The van der Waals surface area contributed by atoms with Gasteiger partial charge in [0.15, 0.2) is 5.67 Å². The van der Waals surface area contributed by atoms with Gasteiger partial charge < -0.3 is 4.90 Å². The highest BCUT2D eigenvalue weighted by Gasteiger charge is 2.38. The number of piperidine rings is 1. The van der Waals surface area contributed by atoms with Gasteiger partial charge in [0.2, 0.25) is 0 Å². The van der Waals surface area contributed by atoms with E-state index in [1.165, 1.54) is 19.3 Å². The first-order valence-electron chi connectivity index (χ1n) is 7.47. The fourth-order valence-corrected chi connectivity index (χ4v) is 3.24. The fourth-order valence-electron chi connectivity index (χ4n) is 3.24. The zero-order valence-corrected chi connectivity index (χ0v) is 11.7. The van der Waals surface area contributed by atoms with E-state index < -0.39 is 5.67 Å². The largest absolute Gasteiger partial charge is 0.306 e. The molecule has 4 nitrogen and oxygen atoms in total. The van der Waals surface area contributed by atoms with Gasteiger partial charge in [-0.3, -0.25) is 0 Å². The summed E-state index contributed by atoms with van der Waals surface area (Å²) in [5.74, 6) is 0. The third-order valence-electron chi connectivity index (χ3n) is 4.70. The van der Waals surface area contributed by atoms with E-state index in [9.17, 15) is 4.39 Å². The molecule has 0 unspecified atom stereocenters. The van der Waals surface area contributed by atoms with Gasteiger partial charge in [0.05, 0.1) is 12.2 Å². The van der Waals surface area contributed by atoms with Gasteiger partial charge in [-0.25, -0.2) is 9.07 Å². The van der Waals surface area contributed by atoms with E-state index in [1.807, 2.05) is 17.9 Å². The van der Waals surface area contributed by atoms with Gasteiger partial charge in [-0.15, -0.1) is 5.10 Å². The van der Waals surface area contributed by atoms with Gasteiger partial charge >= 0.3 is 0 Å². The highest BCUT2D eigenvalue weighted by molar-refractivity contribution is 5.09. The van der Waals surface area contributed by atoms with Crippen LogP contribution in [0, 0.1) is 0 Å². The maximum atomic E-state index is 14.9. The normalized spacial score (nSPS) is 25.6. The molecule has 106 valence electrons. The van der Waals surface area contributed by atoms with Gasteiger partial charge in [0.25, 0.3) is 0 Å². The van der Waals surface area contributed by atoms with Gasteiger partial charge in [-0.05, 0) is 19.9 Å². The lowest BCUT2D eigenvalue weighted by Gasteiger charge is -2.32. The van der Waals surface area contributed by atoms with Crippen molar-refractivity contribution in [3.8, 4) is 0 Å². The molecule has 3 rings (SSSR count). The van der Waals surface area contributed by atoms with Gasteiger partial charge in [0.1, 0.15) is 5.69 Å². The second-order valence-electron chi connectivity index (χ2n) is 6.14. The first-order valence-corrected chi connectivity index (χ1v) is 7.47. The second-order valence-corrected chi connectivity index (χ2v) is 6.14. The van der Waals surface area contributed by atoms with E-state index in [-0.39, 0.29) is 0 Å². The standard InChI is InChI=1S/C14H23FN4/c1-18-9-7-14(15,8-10-18)13-11-19(17-16-13)12-5-3-2-4-6-12/h11-12H,2-10H2,1H3. The third kappa shape index (κ3) is 2.66. The Morgan fingerprint density at radius 1 is 1.21 bits per heavy atom. The van der Waals surface area contributed by atoms with E-state index in [0.717, 1.165) is 25.9 Å². The predicted molar refractivity (Wildman–Crippen MR) is 71.7 cm³/mol. The van der Waals surface area contributed by atoms with Crippen molar-refractivity contribution in [2.75, 3.05) is 20.1 Å². The van der Waals surface area contributed by atoms with Crippen molar-refractivity contribution in [2.45, 2.75) is 56.7 Å². The zero-order valence-electron chi connectivity index (χ0n) is 11.7. The van der Waals surface area contributed by atoms with Crippen molar-refractivity contribution in [2.24, 2.45) is 0 Å². The van der Waals surface area contributed by atoms with E-state index in [1.54, 1.807) is 0 Å². The second kappa shape index (κ2) is 5.19. The van der Waals surface area contributed by atoms with Crippen LogP contribution in [0.2, 0.25) is 0 Å². The molecule has 5 heteroatoms. The summed E-state index contributed by atoms with van der Waals surface area (Å²) < 4.78 is 16.8. The molecule has 19 heavy (non-hydrogen) atoms. The fraction of sp³-hybridized carbons (Fsp3) is 0.857. The van der Waals surface area contributed by atoms with Crippen LogP contribution in [0.15, 0.2) is 6.20 Å². The molecule has 0 radical (unpaired) electrons. The number of likely N-dealkylation sites (tertiary alicyclic amines) is 1. The van der Waals surface area contributed by atoms with Crippen LogP contribution in [0.4, 0.5) is 4.39 Å². The van der Waals surface area contributed by atoms with Crippen LogP contribution < -0.4 is 0 Å². The first kappa shape index (κ1) is 13.0. The Kier molecular flexibility index (Phi) is 3.56. The monoisotopic (exact) mass is 266 g/mol. The van der Waals surface area contributed by atoms with Crippen molar-refractivity contribution in [3.05, 3.63) is 11.9 Å². The first-order chi connectivity index (χ1) is 9.17. The average Bonchev–Trinajstić information content (AvgIpc) is 2.94. The van der Waals surface area contributed by atoms with Crippen LogP contribution in [-0.2, 0) is 5.67 Å². The minimum Gasteiger partial charge on any atom is -0.306 e. The number of nitrogens with zero attached hydrogens (tertiary/aromatic N) is 4. The Hall–Kier alpha value is -0.970. The lowest BCUT2D eigenvalue weighted by Crippen LogP contribution is -2.38. The summed E-state index contributed by atoms with van der Waals surface area (Å²) in [4.78, 5) is 2.17. The molecule has 1 saturated carbocycles. The molecular weight excluding hydrogens is 243 g/mol. The van der Waals surface area contributed by atoms with Crippen molar-refractivity contribution in [1.82, 2.24) is 19.9 Å². The molecule has 0 amide bonds. The van der Waals surface area contributed by atoms with Crippen molar-refractivity contribution < 1.29 is 4.39 Å². The molecule has 0 atom stereocenters. The Labute approximate surface area is 114 Å². The quantitative estimate of drug-likeness (QED) is 0.825. The maximum absolute atomic E-state index is 14.9. The van der Waals surface area contributed by atoms with Crippen LogP contribution in [0.1, 0.15) is 56.7 Å². The Morgan fingerprint density at radius 2 is 1.89 bits per heavy atom.